The second-order valence-electron chi connectivity index (χ2n) is 4.04. The molecule has 1 rings (SSSR count). The molecule has 0 unspecified atom stereocenters. The molecule has 0 saturated carbocycles. The molecule has 90 valence electrons. The van der Waals surface area contributed by atoms with E-state index in [9.17, 15) is 0 Å². The highest BCUT2D eigenvalue weighted by atomic mass is 16.5. The summed E-state index contributed by atoms with van der Waals surface area (Å²) in [5.74, 6) is 0.923. The minimum atomic E-state index is 0.470. The zero-order valence-corrected chi connectivity index (χ0v) is 10.6. The number of unbranched alkanes of at least 4 members (excludes halogenated alkanes) is 1. The van der Waals surface area contributed by atoms with Crippen LogP contribution in [0.25, 0.3) is 0 Å². The second kappa shape index (κ2) is 7.29. The van der Waals surface area contributed by atoms with Crippen LogP contribution >= 0.6 is 0 Å². The highest BCUT2D eigenvalue weighted by molar-refractivity contribution is 5.29. The fourth-order valence-corrected chi connectivity index (χ4v) is 1.79. The minimum Gasteiger partial charge on any atom is -0.497 e. The summed E-state index contributed by atoms with van der Waals surface area (Å²) in [5, 5.41) is 3.58. The molecule has 0 heterocycles. The first kappa shape index (κ1) is 13.0. The van der Waals surface area contributed by atoms with Crippen molar-refractivity contribution in [3.8, 4) is 5.75 Å². The zero-order chi connectivity index (χ0) is 11.8. The van der Waals surface area contributed by atoms with Crippen LogP contribution in [-0.2, 0) is 0 Å². The van der Waals surface area contributed by atoms with Crippen LogP contribution in [0.4, 0.5) is 0 Å². The first-order valence-electron chi connectivity index (χ1n) is 6.19. The van der Waals surface area contributed by atoms with Crippen LogP contribution in [0.2, 0.25) is 0 Å². The molecule has 0 bridgehead atoms. The molecule has 2 heteroatoms. The van der Waals surface area contributed by atoms with Crippen molar-refractivity contribution in [3.63, 3.8) is 0 Å². The average molecular weight is 221 g/mol. The Morgan fingerprint density at radius 2 is 1.88 bits per heavy atom. The van der Waals surface area contributed by atoms with E-state index in [4.69, 9.17) is 4.74 Å². The maximum atomic E-state index is 5.16. The van der Waals surface area contributed by atoms with E-state index in [1.54, 1.807) is 7.11 Å². The van der Waals surface area contributed by atoms with Gasteiger partial charge in [-0.1, -0.05) is 32.4 Å². The van der Waals surface area contributed by atoms with E-state index in [-0.39, 0.29) is 0 Å². The maximum Gasteiger partial charge on any atom is 0.118 e. The molecule has 0 saturated heterocycles. The normalized spacial score (nSPS) is 12.4. The average Bonchev–Trinajstić information content (AvgIpc) is 2.35. The fraction of sp³-hybridized carbons (Fsp3) is 0.571. The molecule has 1 aromatic carbocycles. The van der Waals surface area contributed by atoms with Crippen LogP contribution in [0.1, 0.15) is 44.7 Å². The quantitative estimate of drug-likeness (QED) is 0.711. The van der Waals surface area contributed by atoms with Crippen molar-refractivity contribution in [1.29, 1.82) is 0 Å². The summed E-state index contributed by atoms with van der Waals surface area (Å²) in [6.07, 6.45) is 3.61. The molecule has 16 heavy (non-hydrogen) atoms. The first-order chi connectivity index (χ1) is 7.81. The Morgan fingerprint density at radius 1 is 1.19 bits per heavy atom. The number of rotatable bonds is 7. The van der Waals surface area contributed by atoms with E-state index in [1.807, 2.05) is 12.1 Å². The molecule has 0 aliphatic heterocycles. The van der Waals surface area contributed by atoms with Crippen molar-refractivity contribution in [1.82, 2.24) is 5.32 Å². The topological polar surface area (TPSA) is 21.3 Å². The van der Waals surface area contributed by atoms with Crippen LogP contribution in [0.3, 0.4) is 0 Å². The lowest BCUT2D eigenvalue weighted by molar-refractivity contribution is 0.414. The molecular weight excluding hydrogens is 198 g/mol. The van der Waals surface area contributed by atoms with Gasteiger partial charge in [-0.25, -0.2) is 0 Å². The third kappa shape index (κ3) is 3.86. The van der Waals surface area contributed by atoms with E-state index in [1.165, 1.54) is 18.4 Å². The predicted molar refractivity (Wildman–Crippen MR) is 68.9 cm³/mol. The maximum absolute atomic E-state index is 5.16. The van der Waals surface area contributed by atoms with E-state index in [0.29, 0.717) is 6.04 Å². The van der Waals surface area contributed by atoms with Crippen LogP contribution in [0, 0.1) is 0 Å². The standard InChI is InChI=1S/C14H23NO/c1-4-6-11-15-14(5-2)12-7-9-13(16-3)10-8-12/h7-10,14-15H,4-6,11H2,1-3H3/t14-/m1/s1. The molecule has 1 aromatic rings. The minimum absolute atomic E-state index is 0.470. The van der Waals surface area contributed by atoms with E-state index < -0.39 is 0 Å². The molecule has 0 radical (unpaired) electrons. The molecule has 0 spiro atoms. The Morgan fingerprint density at radius 3 is 2.38 bits per heavy atom. The van der Waals surface area contributed by atoms with Gasteiger partial charge in [-0.3, -0.25) is 0 Å². The Balaban J connectivity index is 2.56. The smallest absolute Gasteiger partial charge is 0.118 e. The highest BCUT2D eigenvalue weighted by Gasteiger charge is 2.07. The third-order valence-electron chi connectivity index (χ3n) is 2.85. The summed E-state index contributed by atoms with van der Waals surface area (Å²) in [7, 11) is 1.70. The van der Waals surface area contributed by atoms with Crippen molar-refractivity contribution in [2.24, 2.45) is 0 Å². The Bertz CT molecular complexity index is 281. The molecule has 0 fully saturated rings. The summed E-state index contributed by atoms with van der Waals surface area (Å²) in [6, 6.07) is 8.81. The van der Waals surface area contributed by atoms with Gasteiger partial charge in [0.15, 0.2) is 0 Å². The van der Waals surface area contributed by atoms with Crippen LogP contribution in [0.15, 0.2) is 24.3 Å². The van der Waals surface area contributed by atoms with E-state index in [0.717, 1.165) is 18.7 Å². The predicted octanol–water partition coefficient (Wildman–Crippen LogP) is 3.54. The number of hydrogen-bond acceptors (Lipinski definition) is 2. The molecule has 0 aromatic heterocycles. The largest absolute Gasteiger partial charge is 0.497 e. The lowest BCUT2D eigenvalue weighted by Gasteiger charge is -2.17. The molecule has 0 amide bonds. The highest BCUT2D eigenvalue weighted by Crippen LogP contribution is 2.19. The Hall–Kier alpha value is -1.02. The summed E-state index contributed by atoms with van der Waals surface area (Å²) >= 11 is 0. The number of methoxy groups -OCH3 is 1. The van der Waals surface area contributed by atoms with E-state index >= 15 is 0 Å². The van der Waals surface area contributed by atoms with Crippen LogP contribution in [0.5, 0.6) is 5.75 Å². The number of nitrogens with one attached hydrogen (secondary N) is 1. The third-order valence-corrected chi connectivity index (χ3v) is 2.85. The van der Waals surface area contributed by atoms with Gasteiger partial charge in [0.1, 0.15) is 5.75 Å². The Kier molecular flexibility index (Phi) is 5.94. The van der Waals surface area contributed by atoms with Crippen molar-refractivity contribution in [2.75, 3.05) is 13.7 Å². The van der Waals surface area contributed by atoms with Gasteiger partial charge in [0, 0.05) is 6.04 Å². The fourth-order valence-electron chi connectivity index (χ4n) is 1.79. The van der Waals surface area contributed by atoms with Crippen molar-refractivity contribution >= 4 is 0 Å². The number of ether oxygens (including phenoxy) is 1. The molecular formula is C14H23NO. The lowest BCUT2D eigenvalue weighted by atomic mass is 10.0. The van der Waals surface area contributed by atoms with Crippen LogP contribution in [-0.4, -0.2) is 13.7 Å². The van der Waals surface area contributed by atoms with Gasteiger partial charge in [-0.2, -0.15) is 0 Å². The molecule has 0 aliphatic carbocycles. The van der Waals surface area contributed by atoms with Crippen molar-refractivity contribution < 1.29 is 4.74 Å². The van der Waals surface area contributed by atoms with Gasteiger partial charge < -0.3 is 10.1 Å². The Labute approximate surface area is 99.0 Å². The second-order valence-corrected chi connectivity index (χ2v) is 4.04. The summed E-state index contributed by atoms with van der Waals surface area (Å²) in [4.78, 5) is 0. The van der Waals surface area contributed by atoms with Gasteiger partial charge in [0.05, 0.1) is 7.11 Å². The number of benzene rings is 1. The SMILES string of the molecule is CCCCN[C@H](CC)c1ccc(OC)cc1. The zero-order valence-electron chi connectivity index (χ0n) is 10.6. The lowest BCUT2D eigenvalue weighted by Crippen LogP contribution is -2.21. The molecule has 1 atom stereocenters. The summed E-state index contributed by atoms with van der Waals surface area (Å²) < 4.78 is 5.16. The van der Waals surface area contributed by atoms with Gasteiger partial charge in [0.2, 0.25) is 0 Å². The number of hydrogen-bond donors (Lipinski definition) is 1. The van der Waals surface area contributed by atoms with Crippen molar-refractivity contribution in [2.45, 2.75) is 39.2 Å². The van der Waals surface area contributed by atoms with Gasteiger partial charge >= 0.3 is 0 Å². The van der Waals surface area contributed by atoms with Crippen molar-refractivity contribution in [3.05, 3.63) is 29.8 Å². The summed E-state index contributed by atoms with van der Waals surface area (Å²) in [6.45, 7) is 5.53. The molecule has 2 nitrogen and oxygen atoms in total. The van der Waals surface area contributed by atoms with E-state index in [2.05, 4.69) is 31.3 Å². The molecule has 0 aliphatic rings. The van der Waals surface area contributed by atoms with Gasteiger partial charge in [-0.15, -0.1) is 0 Å². The monoisotopic (exact) mass is 221 g/mol. The molecule has 1 N–H and O–H groups in total. The summed E-state index contributed by atoms with van der Waals surface area (Å²) in [5.41, 5.74) is 1.35. The van der Waals surface area contributed by atoms with Crippen LogP contribution < -0.4 is 10.1 Å². The van der Waals surface area contributed by atoms with Gasteiger partial charge in [0.25, 0.3) is 0 Å². The van der Waals surface area contributed by atoms with Gasteiger partial charge in [-0.05, 0) is 37.1 Å². The first-order valence-corrected chi connectivity index (χ1v) is 6.19.